The molecule has 1 saturated carbocycles. The summed E-state index contributed by atoms with van der Waals surface area (Å²) in [6.07, 6.45) is 4.11. The van der Waals surface area contributed by atoms with E-state index in [1.54, 1.807) is 11.8 Å². The van der Waals surface area contributed by atoms with Gasteiger partial charge in [0.25, 0.3) is 0 Å². The zero-order valence-electron chi connectivity index (χ0n) is 9.35. The van der Waals surface area contributed by atoms with Crippen molar-refractivity contribution in [1.82, 2.24) is 20.5 Å². The smallest absolute Gasteiger partial charge is 0.183 e. The molecule has 2 N–H and O–H groups in total. The summed E-state index contributed by atoms with van der Waals surface area (Å²) in [5.41, 5.74) is 0. The van der Waals surface area contributed by atoms with Crippen molar-refractivity contribution in [3.05, 3.63) is 30.0 Å². The van der Waals surface area contributed by atoms with Gasteiger partial charge >= 0.3 is 0 Å². The number of aromatic amines is 1. The lowest BCUT2D eigenvalue weighted by Gasteiger charge is -1.98. The number of thioether (sulfide) groups is 1. The third-order valence-electron chi connectivity index (χ3n) is 2.60. The molecular formula is C11H14N4OS. The van der Waals surface area contributed by atoms with E-state index in [1.165, 1.54) is 19.2 Å². The van der Waals surface area contributed by atoms with Crippen LogP contribution in [-0.4, -0.2) is 21.2 Å². The maximum absolute atomic E-state index is 5.71. The Morgan fingerprint density at radius 3 is 3.06 bits per heavy atom. The van der Waals surface area contributed by atoms with Crippen LogP contribution < -0.4 is 5.32 Å². The highest BCUT2D eigenvalue weighted by molar-refractivity contribution is 7.98. The third kappa shape index (κ3) is 3.10. The molecule has 0 atom stereocenters. The van der Waals surface area contributed by atoms with Gasteiger partial charge in [-0.2, -0.15) is 5.10 Å². The van der Waals surface area contributed by atoms with Crippen LogP contribution >= 0.6 is 11.8 Å². The van der Waals surface area contributed by atoms with Crippen LogP contribution in [0.15, 0.2) is 28.0 Å². The van der Waals surface area contributed by atoms with Gasteiger partial charge in [-0.15, -0.1) is 0 Å². The van der Waals surface area contributed by atoms with E-state index in [0.29, 0.717) is 6.04 Å². The van der Waals surface area contributed by atoms with Gasteiger partial charge in [-0.25, -0.2) is 4.98 Å². The molecule has 1 aliphatic carbocycles. The summed E-state index contributed by atoms with van der Waals surface area (Å²) in [4.78, 5) is 4.05. The number of aromatic nitrogens is 3. The Morgan fingerprint density at radius 1 is 1.41 bits per heavy atom. The summed E-state index contributed by atoms with van der Waals surface area (Å²) in [6.45, 7) is 0.831. The fraction of sp³-hybridized carbons (Fsp3) is 0.455. The fourth-order valence-electron chi connectivity index (χ4n) is 1.53. The lowest BCUT2D eigenvalue weighted by Crippen LogP contribution is -2.14. The Bertz CT molecular complexity index is 464. The molecule has 5 nitrogen and oxygen atoms in total. The van der Waals surface area contributed by atoms with E-state index in [4.69, 9.17) is 4.42 Å². The van der Waals surface area contributed by atoms with Crippen LogP contribution in [0.4, 0.5) is 0 Å². The van der Waals surface area contributed by atoms with Crippen LogP contribution in [0.1, 0.15) is 24.4 Å². The SMILES string of the molecule is c1n[nH]c(SCc2ccc(CNC3CC3)o2)n1. The minimum absolute atomic E-state index is 0.715. The van der Waals surface area contributed by atoms with Crippen molar-refractivity contribution in [3.63, 3.8) is 0 Å². The average molecular weight is 250 g/mol. The molecule has 0 aromatic carbocycles. The number of nitrogens with zero attached hydrogens (tertiary/aromatic N) is 2. The molecule has 0 aliphatic heterocycles. The summed E-state index contributed by atoms with van der Waals surface area (Å²) in [6, 6.07) is 4.77. The maximum Gasteiger partial charge on any atom is 0.183 e. The largest absolute Gasteiger partial charge is 0.464 e. The highest BCUT2D eigenvalue weighted by Crippen LogP contribution is 2.22. The summed E-state index contributed by atoms with van der Waals surface area (Å²) in [7, 11) is 0. The van der Waals surface area contributed by atoms with E-state index in [1.807, 2.05) is 12.1 Å². The first-order chi connectivity index (χ1) is 8.40. The van der Waals surface area contributed by atoms with Gasteiger partial charge in [0, 0.05) is 6.04 Å². The Labute approximate surface area is 103 Å². The third-order valence-corrected chi connectivity index (χ3v) is 3.50. The first-order valence-electron chi connectivity index (χ1n) is 5.69. The molecule has 0 amide bonds. The van der Waals surface area contributed by atoms with E-state index >= 15 is 0 Å². The molecule has 3 rings (SSSR count). The monoisotopic (exact) mass is 250 g/mol. The molecule has 1 fully saturated rings. The lowest BCUT2D eigenvalue weighted by atomic mass is 10.4. The maximum atomic E-state index is 5.71. The van der Waals surface area contributed by atoms with Crippen molar-refractivity contribution < 1.29 is 4.42 Å². The predicted molar refractivity (Wildman–Crippen MR) is 64.5 cm³/mol. The quantitative estimate of drug-likeness (QED) is 0.767. The Balaban J connectivity index is 1.49. The number of furan rings is 1. The number of H-pyrrole nitrogens is 1. The van der Waals surface area contributed by atoms with Crippen molar-refractivity contribution in [2.75, 3.05) is 0 Å². The molecule has 2 heterocycles. The van der Waals surface area contributed by atoms with Crippen LogP contribution in [0, 0.1) is 0 Å². The van der Waals surface area contributed by atoms with Gasteiger partial charge in [0.1, 0.15) is 17.8 Å². The van der Waals surface area contributed by atoms with Crippen molar-refractivity contribution in [3.8, 4) is 0 Å². The summed E-state index contributed by atoms with van der Waals surface area (Å²) < 4.78 is 5.71. The lowest BCUT2D eigenvalue weighted by molar-refractivity contribution is 0.458. The first kappa shape index (κ1) is 10.9. The second kappa shape index (κ2) is 4.93. The Morgan fingerprint density at radius 2 is 2.29 bits per heavy atom. The van der Waals surface area contributed by atoms with E-state index in [-0.39, 0.29) is 0 Å². The normalized spacial score (nSPS) is 15.3. The van der Waals surface area contributed by atoms with Gasteiger partial charge < -0.3 is 9.73 Å². The molecule has 6 heteroatoms. The van der Waals surface area contributed by atoms with Crippen molar-refractivity contribution >= 4 is 11.8 Å². The van der Waals surface area contributed by atoms with Crippen LogP contribution in [0.25, 0.3) is 0 Å². The van der Waals surface area contributed by atoms with Crippen molar-refractivity contribution in [1.29, 1.82) is 0 Å². The van der Waals surface area contributed by atoms with Gasteiger partial charge in [0.05, 0.1) is 12.3 Å². The molecule has 0 radical (unpaired) electrons. The molecule has 0 unspecified atom stereocenters. The Hall–Kier alpha value is -1.27. The second-order valence-corrected chi connectivity index (χ2v) is 5.07. The number of nitrogens with one attached hydrogen (secondary N) is 2. The highest BCUT2D eigenvalue weighted by Gasteiger charge is 2.20. The van der Waals surface area contributed by atoms with Gasteiger partial charge in [0.2, 0.25) is 0 Å². The van der Waals surface area contributed by atoms with Crippen LogP contribution in [0.2, 0.25) is 0 Å². The molecule has 0 saturated heterocycles. The summed E-state index contributed by atoms with van der Waals surface area (Å²) >= 11 is 1.59. The van der Waals surface area contributed by atoms with Crippen LogP contribution in [0.5, 0.6) is 0 Å². The molecule has 0 spiro atoms. The molecule has 90 valence electrons. The Kier molecular flexibility index (Phi) is 3.15. The van der Waals surface area contributed by atoms with E-state index < -0.39 is 0 Å². The molecule has 1 aliphatic rings. The first-order valence-corrected chi connectivity index (χ1v) is 6.68. The minimum Gasteiger partial charge on any atom is -0.464 e. The molecule has 17 heavy (non-hydrogen) atoms. The fourth-order valence-corrected chi connectivity index (χ4v) is 2.20. The van der Waals surface area contributed by atoms with E-state index in [2.05, 4.69) is 20.5 Å². The minimum atomic E-state index is 0.715. The zero-order valence-corrected chi connectivity index (χ0v) is 10.2. The van der Waals surface area contributed by atoms with Gasteiger partial charge in [0.15, 0.2) is 5.16 Å². The average Bonchev–Trinajstić information content (AvgIpc) is 2.86. The van der Waals surface area contributed by atoms with Crippen molar-refractivity contribution in [2.45, 2.75) is 36.3 Å². The molecule has 2 aromatic rings. The second-order valence-electron chi connectivity index (χ2n) is 4.10. The van der Waals surface area contributed by atoms with Gasteiger partial charge in [-0.05, 0) is 25.0 Å². The van der Waals surface area contributed by atoms with Gasteiger partial charge in [-0.1, -0.05) is 11.8 Å². The van der Waals surface area contributed by atoms with Crippen LogP contribution in [-0.2, 0) is 12.3 Å². The number of hydrogen-bond acceptors (Lipinski definition) is 5. The standard InChI is InChI=1S/C11H14N4OS/c1-2-8(1)12-5-9-3-4-10(16-9)6-17-11-13-7-14-15-11/h3-4,7-8,12H,1-2,5-6H2,(H,13,14,15). The zero-order chi connectivity index (χ0) is 11.5. The highest BCUT2D eigenvalue weighted by atomic mass is 32.2. The van der Waals surface area contributed by atoms with Crippen LogP contribution in [0.3, 0.4) is 0 Å². The predicted octanol–water partition coefficient (Wildman–Crippen LogP) is 1.94. The summed E-state index contributed by atoms with van der Waals surface area (Å²) in [5, 5.41) is 10.9. The van der Waals surface area contributed by atoms with E-state index in [0.717, 1.165) is 29.0 Å². The van der Waals surface area contributed by atoms with Crippen molar-refractivity contribution in [2.24, 2.45) is 0 Å². The molecular weight excluding hydrogens is 236 g/mol. The molecule has 0 bridgehead atoms. The van der Waals surface area contributed by atoms with Gasteiger partial charge in [-0.3, -0.25) is 5.10 Å². The topological polar surface area (TPSA) is 66.7 Å². The summed E-state index contributed by atoms with van der Waals surface area (Å²) in [5.74, 6) is 2.75. The van der Waals surface area contributed by atoms with E-state index in [9.17, 15) is 0 Å². The number of rotatable bonds is 6. The molecule has 2 aromatic heterocycles. The number of hydrogen-bond donors (Lipinski definition) is 2.